The van der Waals surface area contributed by atoms with Gasteiger partial charge in [-0.3, -0.25) is 0 Å². The predicted molar refractivity (Wildman–Crippen MR) is 88.4 cm³/mol. The van der Waals surface area contributed by atoms with Gasteiger partial charge in [-0.25, -0.2) is 0 Å². The summed E-state index contributed by atoms with van der Waals surface area (Å²) in [7, 11) is 0. The third-order valence-electron chi connectivity index (χ3n) is 3.80. The van der Waals surface area contributed by atoms with Gasteiger partial charge in [-0.1, -0.05) is 19.1 Å². The first-order valence-corrected chi connectivity index (χ1v) is 8.44. The molecule has 1 aliphatic heterocycles. The van der Waals surface area contributed by atoms with E-state index in [4.69, 9.17) is 4.74 Å². The molecule has 0 radical (unpaired) electrons. The van der Waals surface area contributed by atoms with Crippen molar-refractivity contribution < 1.29 is 4.74 Å². The summed E-state index contributed by atoms with van der Waals surface area (Å²) in [6.07, 6.45) is 4.86. The second kappa shape index (κ2) is 8.22. The minimum atomic E-state index is 0.498. The van der Waals surface area contributed by atoms with Gasteiger partial charge in [0.15, 0.2) is 0 Å². The summed E-state index contributed by atoms with van der Waals surface area (Å²) in [4.78, 5) is 0. The Morgan fingerprint density at radius 2 is 2.16 bits per heavy atom. The van der Waals surface area contributed by atoms with E-state index >= 15 is 0 Å². The van der Waals surface area contributed by atoms with Crippen LogP contribution in [0.3, 0.4) is 0 Å². The molecular formula is C16H24INO. The van der Waals surface area contributed by atoms with E-state index < -0.39 is 0 Å². The monoisotopic (exact) mass is 373 g/mol. The fourth-order valence-corrected chi connectivity index (χ4v) is 3.26. The fraction of sp³-hybridized carbons (Fsp3) is 0.625. The molecule has 3 heteroatoms. The lowest BCUT2D eigenvalue weighted by molar-refractivity contribution is 0.0605. The molecule has 1 N–H and O–H groups in total. The molecule has 1 aliphatic rings. The van der Waals surface area contributed by atoms with Gasteiger partial charge in [-0.15, -0.1) is 0 Å². The summed E-state index contributed by atoms with van der Waals surface area (Å²) in [5, 5.41) is 3.72. The van der Waals surface area contributed by atoms with Gasteiger partial charge in [0.2, 0.25) is 0 Å². The van der Waals surface area contributed by atoms with Crippen molar-refractivity contribution in [3.05, 3.63) is 33.4 Å². The van der Waals surface area contributed by atoms with Gasteiger partial charge in [-0.05, 0) is 78.4 Å². The number of benzene rings is 1. The molecule has 0 aromatic heterocycles. The molecular weight excluding hydrogens is 349 g/mol. The molecule has 19 heavy (non-hydrogen) atoms. The SMILES string of the molecule is CCCNC(CC1CCOCC1)c1cccc(I)c1. The van der Waals surface area contributed by atoms with E-state index in [2.05, 4.69) is 59.1 Å². The maximum Gasteiger partial charge on any atom is 0.0468 e. The Morgan fingerprint density at radius 3 is 2.84 bits per heavy atom. The van der Waals surface area contributed by atoms with Crippen molar-refractivity contribution in [3.8, 4) is 0 Å². The van der Waals surface area contributed by atoms with Gasteiger partial charge >= 0.3 is 0 Å². The molecule has 0 saturated carbocycles. The quantitative estimate of drug-likeness (QED) is 0.757. The number of nitrogens with one attached hydrogen (secondary N) is 1. The van der Waals surface area contributed by atoms with E-state index in [-0.39, 0.29) is 0 Å². The van der Waals surface area contributed by atoms with Crippen LogP contribution in [0.5, 0.6) is 0 Å². The number of rotatable bonds is 6. The van der Waals surface area contributed by atoms with Crippen molar-refractivity contribution in [1.29, 1.82) is 0 Å². The highest BCUT2D eigenvalue weighted by Gasteiger charge is 2.20. The molecule has 1 unspecified atom stereocenters. The van der Waals surface area contributed by atoms with E-state index in [1.165, 1.54) is 34.8 Å². The van der Waals surface area contributed by atoms with Crippen molar-refractivity contribution in [1.82, 2.24) is 5.32 Å². The minimum absolute atomic E-state index is 0.498. The van der Waals surface area contributed by atoms with Crippen LogP contribution in [0.2, 0.25) is 0 Å². The largest absolute Gasteiger partial charge is 0.381 e. The van der Waals surface area contributed by atoms with Crippen LogP contribution in [0, 0.1) is 9.49 Å². The Kier molecular flexibility index (Phi) is 6.61. The molecule has 1 fully saturated rings. The zero-order valence-corrected chi connectivity index (χ0v) is 13.9. The highest BCUT2D eigenvalue weighted by atomic mass is 127. The number of hydrogen-bond donors (Lipinski definition) is 1. The van der Waals surface area contributed by atoms with Gasteiger partial charge in [0.1, 0.15) is 0 Å². The third-order valence-corrected chi connectivity index (χ3v) is 4.47. The van der Waals surface area contributed by atoms with Crippen LogP contribution < -0.4 is 5.32 Å². The second-order valence-electron chi connectivity index (χ2n) is 5.35. The van der Waals surface area contributed by atoms with Crippen LogP contribution in [0.15, 0.2) is 24.3 Å². The van der Waals surface area contributed by atoms with Crippen LogP contribution in [0.4, 0.5) is 0 Å². The predicted octanol–water partition coefficient (Wildman–Crippen LogP) is 4.15. The molecule has 106 valence electrons. The Balaban J connectivity index is 2.01. The molecule has 0 aliphatic carbocycles. The fourth-order valence-electron chi connectivity index (χ4n) is 2.69. The van der Waals surface area contributed by atoms with E-state index in [1.807, 2.05) is 0 Å². The summed E-state index contributed by atoms with van der Waals surface area (Å²) in [6, 6.07) is 9.40. The van der Waals surface area contributed by atoms with Crippen molar-refractivity contribution >= 4 is 22.6 Å². The highest BCUT2D eigenvalue weighted by molar-refractivity contribution is 14.1. The van der Waals surface area contributed by atoms with Gasteiger partial charge < -0.3 is 10.1 Å². The summed E-state index contributed by atoms with van der Waals surface area (Å²) in [6.45, 7) is 5.21. The number of hydrogen-bond acceptors (Lipinski definition) is 2. The molecule has 0 amide bonds. The molecule has 1 atom stereocenters. The molecule has 2 rings (SSSR count). The summed E-state index contributed by atoms with van der Waals surface area (Å²) >= 11 is 2.40. The van der Waals surface area contributed by atoms with Gasteiger partial charge in [0.05, 0.1) is 0 Å². The lowest BCUT2D eigenvalue weighted by Crippen LogP contribution is -2.27. The number of halogens is 1. The van der Waals surface area contributed by atoms with Crippen molar-refractivity contribution in [2.24, 2.45) is 5.92 Å². The van der Waals surface area contributed by atoms with Crippen LogP contribution >= 0.6 is 22.6 Å². The standard InChI is InChI=1S/C16H24INO/c1-2-8-18-16(11-13-6-9-19-10-7-13)14-4-3-5-15(17)12-14/h3-5,12-13,16,18H,2,6-11H2,1H3. The first-order valence-electron chi connectivity index (χ1n) is 7.36. The van der Waals surface area contributed by atoms with Gasteiger partial charge in [-0.2, -0.15) is 0 Å². The molecule has 1 aromatic rings. The minimum Gasteiger partial charge on any atom is -0.381 e. The van der Waals surface area contributed by atoms with Crippen LogP contribution in [0.1, 0.15) is 44.2 Å². The normalized spacial score (nSPS) is 18.4. The lowest BCUT2D eigenvalue weighted by Gasteiger charge is -2.27. The maximum absolute atomic E-state index is 5.47. The number of ether oxygens (including phenoxy) is 1. The summed E-state index contributed by atoms with van der Waals surface area (Å²) in [5.74, 6) is 0.806. The third kappa shape index (κ3) is 5.04. The van der Waals surface area contributed by atoms with E-state index in [0.717, 1.165) is 25.7 Å². The van der Waals surface area contributed by atoms with E-state index in [1.54, 1.807) is 0 Å². The first kappa shape index (κ1) is 15.3. The van der Waals surface area contributed by atoms with Crippen LogP contribution in [-0.2, 0) is 4.74 Å². The first-order chi connectivity index (χ1) is 9.29. The maximum atomic E-state index is 5.47. The summed E-state index contributed by atoms with van der Waals surface area (Å²) in [5.41, 5.74) is 1.44. The molecule has 2 nitrogen and oxygen atoms in total. The Hall–Kier alpha value is -0.130. The molecule has 0 bridgehead atoms. The smallest absolute Gasteiger partial charge is 0.0468 e. The van der Waals surface area contributed by atoms with Crippen molar-refractivity contribution in [2.45, 2.75) is 38.6 Å². The van der Waals surface area contributed by atoms with Crippen LogP contribution in [-0.4, -0.2) is 19.8 Å². The average molecular weight is 373 g/mol. The zero-order chi connectivity index (χ0) is 13.5. The van der Waals surface area contributed by atoms with E-state index in [0.29, 0.717) is 6.04 Å². The van der Waals surface area contributed by atoms with Crippen LogP contribution in [0.25, 0.3) is 0 Å². The zero-order valence-electron chi connectivity index (χ0n) is 11.7. The molecule has 0 spiro atoms. The van der Waals surface area contributed by atoms with Gasteiger partial charge in [0, 0.05) is 22.8 Å². The van der Waals surface area contributed by atoms with E-state index in [9.17, 15) is 0 Å². The Morgan fingerprint density at radius 1 is 1.37 bits per heavy atom. The molecule has 1 aromatic carbocycles. The second-order valence-corrected chi connectivity index (χ2v) is 6.60. The Labute approximate surface area is 130 Å². The summed E-state index contributed by atoms with van der Waals surface area (Å²) < 4.78 is 6.79. The average Bonchev–Trinajstić information content (AvgIpc) is 2.44. The highest BCUT2D eigenvalue weighted by Crippen LogP contribution is 2.28. The van der Waals surface area contributed by atoms with Gasteiger partial charge in [0.25, 0.3) is 0 Å². The van der Waals surface area contributed by atoms with Crippen molar-refractivity contribution in [3.63, 3.8) is 0 Å². The topological polar surface area (TPSA) is 21.3 Å². The lowest BCUT2D eigenvalue weighted by atomic mass is 9.89. The Bertz CT molecular complexity index is 377. The van der Waals surface area contributed by atoms with Crippen molar-refractivity contribution in [2.75, 3.05) is 19.8 Å². The molecule has 1 heterocycles. The molecule has 1 saturated heterocycles.